The van der Waals surface area contributed by atoms with Gasteiger partial charge < -0.3 is 0 Å². The van der Waals surface area contributed by atoms with Crippen LogP contribution >= 0.6 is 11.8 Å². The van der Waals surface area contributed by atoms with Crippen LogP contribution in [0.1, 0.15) is 32.1 Å². The Balaban J connectivity index is 1.91. The Morgan fingerprint density at radius 1 is 1.26 bits per heavy atom. The lowest BCUT2D eigenvalue weighted by atomic mass is 9.99. The van der Waals surface area contributed by atoms with Crippen molar-refractivity contribution in [2.45, 2.75) is 32.1 Å². The monoisotopic (exact) mass is 300 g/mol. The van der Waals surface area contributed by atoms with Crippen molar-refractivity contribution in [2.75, 3.05) is 23.0 Å². The number of carbonyl (C=O) groups excluding carboxylic acids is 1. The summed E-state index contributed by atoms with van der Waals surface area (Å²) in [5.41, 5.74) is 0. The largest absolute Gasteiger partial charge is 0.272 e. The molecular formula is C13H20N2O2S2. The first-order valence-electron chi connectivity index (χ1n) is 6.84. The lowest BCUT2D eigenvalue weighted by Gasteiger charge is -2.21. The molecular weight excluding hydrogens is 280 g/mol. The van der Waals surface area contributed by atoms with Gasteiger partial charge in [-0.3, -0.25) is 4.79 Å². The second-order valence-corrected chi connectivity index (χ2v) is 9.10. The summed E-state index contributed by atoms with van der Waals surface area (Å²) in [4.78, 5) is 11.9. The van der Waals surface area contributed by atoms with Crippen molar-refractivity contribution in [3.05, 3.63) is 0 Å². The molecule has 106 valence electrons. The van der Waals surface area contributed by atoms with E-state index >= 15 is 0 Å². The van der Waals surface area contributed by atoms with Crippen LogP contribution in [0.5, 0.6) is 0 Å². The maximum absolute atomic E-state index is 12.4. The Kier molecular flexibility index (Phi) is 5.28. The normalized spacial score (nSPS) is 32.5. The fourth-order valence-electron chi connectivity index (χ4n) is 2.54. The van der Waals surface area contributed by atoms with E-state index in [-0.39, 0.29) is 11.8 Å². The molecule has 0 unspecified atom stereocenters. The summed E-state index contributed by atoms with van der Waals surface area (Å²) in [5, 5.41) is 8.82. The van der Waals surface area contributed by atoms with Gasteiger partial charge in [-0.15, -0.1) is 0 Å². The second-order valence-electron chi connectivity index (χ2n) is 5.33. The maximum atomic E-state index is 12.4. The standard InChI is InChI=1S/C13H20N2O2S2/c14-10-12-3-7-19(17,8-4-12)15-13(16)9-11-1-5-18-6-2-11/h11-12H,1-9H2. The molecule has 0 aromatic rings. The number of amides is 1. The van der Waals surface area contributed by atoms with E-state index in [9.17, 15) is 9.00 Å². The minimum absolute atomic E-state index is 0.00440. The maximum Gasteiger partial charge on any atom is 0.254 e. The van der Waals surface area contributed by atoms with Crippen LogP contribution in [0.3, 0.4) is 0 Å². The third-order valence-corrected chi connectivity index (χ3v) is 7.16. The molecule has 2 heterocycles. The molecule has 2 aliphatic heterocycles. The predicted octanol–water partition coefficient (Wildman–Crippen LogP) is 2.45. The molecule has 0 saturated carbocycles. The molecule has 0 spiro atoms. The zero-order valence-electron chi connectivity index (χ0n) is 11.0. The molecule has 6 heteroatoms. The topological polar surface area (TPSA) is 70.3 Å². The lowest BCUT2D eigenvalue weighted by Crippen LogP contribution is -2.24. The van der Waals surface area contributed by atoms with Gasteiger partial charge in [0.25, 0.3) is 5.91 Å². The van der Waals surface area contributed by atoms with Crippen LogP contribution in [0.2, 0.25) is 0 Å². The molecule has 0 radical (unpaired) electrons. The molecule has 0 aromatic heterocycles. The summed E-state index contributed by atoms with van der Waals surface area (Å²) in [6.07, 6.45) is 3.84. The first-order chi connectivity index (χ1) is 9.11. The lowest BCUT2D eigenvalue weighted by molar-refractivity contribution is -0.118. The number of carbonyl (C=O) groups is 1. The number of hydrogen-bond acceptors (Lipinski definition) is 4. The molecule has 0 N–H and O–H groups in total. The minimum Gasteiger partial charge on any atom is -0.272 e. The van der Waals surface area contributed by atoms with E-state index in [0.29, 0.717) is 36.7 Å². The van der Waals surface area contributed by atoms with E-state index in [1.165, 1.54) is 0 Å². The van der Waals surface area contributed by atoms with Crippen LogP contribution in [-0.2, 0) is 14.5 Å². The van der Waals surface area contributed by atoms with E-state index in [1.807, 2.05) is 11.8 Å². The summed E-state index contributed by atoms with van der Waals surface area (Å²) in [6.45, 7) is 0. The van der Waals surface area contributed by atoms with Crippen LogP contribution in [0.25, 0.3) is 0 Å². The molecule has 0 atom stereocenters. The third-order valence-electron chi connectivity index (χ3n) is 3.83. The number of nitrogens with zero attached hydrogens (tertiary/aromatic N) is 2. The number of rotatable bonds is 2. The summed E-state index contributed by atoms with van der Waals surface area (Å²) in [7, 11) is -2.36. The molecule has 19 heavy (non-hydrogen) atoms. The van der Waals surface area contributed by atoms with Crippen molar-refractivity contribution in [1.82, 2.24) is 0 Å². The zero-order chi connectivity index (χ0) is 13.7. The fraction of sp³-hybridized carbons (Fsp3) is 0.846. The van der Waals surface area contributed by atoms with E-state index < -0.39 is 9.73 Å². The first-order valence-corrected chi connectivity index (χ1v) is 9.85. The third kappa shape index (κ3) is 4.50. The van der Waals surface area contributed by atoms with Crippen molar-refractivity contribution in [3.8, 4) is 6.07 Å². The molecule has 2 saturated heterocycles. The molecule has 2 rings (SSSR count). The SMILES string of the molecule is N#CC1CCS(=O)(=NC(=O)CC2CCSCC2)CC1. The zero-order valence-corrected chi connectivity index (χ0v) is 12.7. The van der Waals surface area contributed by atoms with Crippen LogP contribution in [0, 0.1) is 23.2 Å². The minimum atomic E-state index is -2.36. The molecule has 2 aliphatic rings. The van der Waals surface area contributed by atoms with Gasteiger partial charge in [-0.05, 0) is 43.1 Å². The van der Waals surface area contributed by atoms with Crippen LogP contribution in [-0.4, -0.2) is 33.1 Å². The van der Waals surface area contributed by atoms with Gasteiger partial charge in [0, 0.05) is 23.8 Å². The number of hydrogen-bond donors (Lipinski definition) is 0. The van der Waals surface area contributed by atoms with Gasteiger partial charge in [0.2, 0.25) is 0 Å². The van der Waals surface area contributed by atoms with Gasteiger partial charge in [0.05, 0.1) is 15.8 Å². The average Bonchev–Trinajstić information content (AvgIpc) is 2.40. The van der Waals surface area contributed by atoms with Crippen molar-refractivity contribution in [1.29, 1.82) is 5.26 Å². The summed E-state index contributed by atoms with van der Waals surface area (Å²) < 4.78 is 16.4. The van der Waals surface area contributed by atoms with Crippen LogP contribution in [0.4, 0.5) is 0 Å². The van der Waals surface area contributed by atoms with Gasteiger partial charge in [0.1, 0.15) is 0 Å². The van der Waals surface area contributed by atoms with Gasteiger partial charge in [-0.1, -0.05) is 0 Å². The van der Waals surface area contributed by atoms with Crippen molar-refractivity contribution >= 4 is 27.4 Å². The molecule has 2 fully saturated rings. The summed E-state index contributed by atoms with van der Waals surface area (Å²) >= 11 is 1.93. The quantitative estimate of drug-likeness (QED) is 0.785. The highest BCUT2D eigenvalue weighted by atomic mass is 32.2. The second kappa shape index (κ2) is 6.76. The smallest absolute Gasteiger partial charge is 0.254 e. The van der Waals surface area contributed by atoms with E-state index in [0.717, 1.165) is 24.3 Å². The summed E-state index contributed by atoms with van der Waals surface area (Å²) in [5.74, 6) is 3.31. The Bertz CT molecular complexity index is 469. The Morgan fingerprint density at radius 2 is 1.89 bits per heavy atom. The van der Waals surface area contributed by atoms with Crippen molar-refractivity contribution in [2.24, 2.45) is 16.2 Å². The Labute approximate surface area is 119 Å². The van der Waals surface area contributed by atoms with Crippen LogP contribution in [0.15, 0.2) is 4.36 Å². The predicted molar refractivity (Wildman–Crippen MR) is 78.3 cm³/mol. The molecule has 0 aliphatic carbocycles. The van der Waals surface area contributed by atoms with E-state index in [1.54, 1.807) is 0 Å². The van der Waals surface area contributed by atoms with Crippen LogP contribution < -0.4 is 0 Å². The Morgan fingerprint density at radius 3 is 2.47 bits per heavy atom. The average molecular weight is 300 g/mol. The molecule has 1 amide bonds. The van der Waals surface area contributed by atoms with E-state index in [2.05, 4.69) is 10.4 Å². The first kappa shape index (κ1) is 14.9. The molecule has 0 aromatic carbocycles. The highest BCUT2D eigenvalue weighted by molar-refractivity contribution is 7.99. The summed E-state index contributed by atoms with van der Waals surface area (Å²) in [6, 6.07) is 2.21. The highest BCUT2D eigenvalue weighted by Crippen LogP contribution is 2.26. The number of nitriles is 1. The Hall–Kier alpha value is -0.540. The van der Waals surface area contributed by atoms with Gasteiger partial charge in [-0.25, -0.2) is 4.21 Å². The van der Waals surface area contributed by atoms with Crippen molar-refractivity contribution in [3.63, 3.8) is 0 Å². The molecule has 0 bridgehead atoms. The van der Waals surface area contributed by atoms with E-state index in [4.69, 9.17) is 5.26 Å². The van der Waals surface area contributed by atoms with Gasteiger partial charge in [-0.2, -0.15) is 21.4 Å². The fourth-order valence-corrected chi connectivity index (χ4v) is 5.88. The molecule has 4 nitrogen and oxygen atoms in total. The number of thioether (sulfide) groups is 1. The van der Waals surface area contributed by atoms with Crippen molar-refractivity contribution < 1.29 is 9.00 Å². The van der Waals surface area contributed by atoms with Gasteiger partial charge in [0.15, 0.2) is 0 Å². The highest BCUT2D eigenvalue weighted by Gasteiger charge is 2.24. The van der Waals surface area contributed by atoms with Gasteiger partial charge >= 0.3 is 0 Å².